The highest BCUT2D eigenvalue weighted by molar-refractivity contribution is 5.79. The van der Waals surface area contributed by atoms with E-state index in [1.807, 2.05) is 25.5 Å². The average molecular weight is 310 g/mol. The van der Waals surface area contributed by atoms with Gasteiger partial charge in [-0.05, 0) is 19.3 Å². The van der Waals surface area contributed by atoms with Crippen LogP contribution in [0.4, 0.5) is 0 Å². The van der Waals surface area contributed by atoms with Gasteiger partial charge in [0.1, 0.15) is 12.4 Å². The Morgan fingerprint density at radius 2 is 2.00 bits per heavy atom. The molecule has 0 aromatic carbocycles. The second-order valence-corrected chi connectivity index (χ2v) is 6.39. The number of ether oxygens (including phenoxy) is 1. The number of nitrogens with zero attached hydrogens (tertiary/aromatic N) is 4. The second kappa shape index (κ2) is 8.12. The van der Waals surface area contributed by atoms with Crippen molar-refractivity contribution in [2.24, 2.45) is 17.5 Å². The van der Waals surface area contributed by atoms with Gasteiger partial charge in [-0.3, -0.25) is 0 Å². The van der Waals surface area contributed by atoms with Gasteiger partial charge in [-0.25, -0.2) is 4.99 Å². The number of aliphatic imine (C=N–C) groups is 1. The van der Waals surface area contributed by atoms with Crippen LogP contribution < -0.4 is 10.6 Å². The van der Waals surface area contributed by atoms with Crippen molar-refractivity contribution in [3.8, 4) is 0 Å². The van der Waals surface area contributed by atoms with E-state index >= 15 is 0 Å². The van der Waals surface area contributed by atoms with Crippen LogP contribution in [0.3, 0.4) is 0 Å². The van der Waals surface area contributed by atoms with Gasteiger partial charge in [0.2, 0.25) is 0 Å². The SMILES string of the molecule is CCNC(=NCc1nnc(C)n1C)NCC(OC)C(C)(C)C. The Hall–Kier alpha value is -1.63. The summed E-state index contributed by atoms with van der Waals surface area (Å²) in [7, 11) is 3.69. The predicted molar refractivity (Wildman–Crippen MR) is 88.8 cm³/mol. The summed E-state index contributed by atoms with van der Waals surface area (Å²) in [5, 5.41) is 14.7. The molecule has 0 aliphatic carbocycles. The number of nitrogens with one attached hydrogen (secondary N) is 2. The molecule has 0 spiro atoms. The lowest BCUT2D eigenvalue weighted by atomic mass is 9.89. The van der Waals surface area contributed by atoms with Crippen LogP contribution in [0.5, 0.6) is 0 Å². The number of aromatic nitrogens is 3. The molecule has 0 aliphatic rings. The molecule has 0 saturated heterocycles. The molecule has 7 nitrogen and oxygen atoms in total. The van der Waals surface area contributed by atoms with Crippen molar-refractivity contribution >= 4 is 5.96 Å². The van der Waals surface area contributed by atoms with Gasteiger partial charge >= 0.3 is 0 Å². The quantitative estimate of drug-likeness (QED) is 0.611. The van der Waals surface area contributed by atoms with Crippen LogP contribution in [0.15, 0.2) is 4.99 Å². The molecule has 1 rings (SSSR count). The molecule has 0 amide bonds. The molecule has 1 unspecified atom stereocenters. The van der Waals surface area contributed by atoms with Gasteiger partial charge in [-0.1, -0.05) is 20.8 Å². The summed E-state index contributed by atoms with van der Waals surface area (Å²) in [5.74, 6) is 2.48. The average Bonchev–Trinajstić information content (AvgIpc) is 2.75. The zero-order valence-corrected chi connectivity index (χ0v) is 14.9. The molecule has 0 fully saturated rings. The van der Waals surface area contributed by atoms with Gasteiger partial charge in [0.25, 0.3) is 0 Å². The molecule has 7 heteroatoms. The molecule has 0 bridgehead atoms. The fourth-order valence-corrected chi connectivity index (χ4v) is 2.01. The summed E-state index contributed by atoms with van der Waals surface area (Å²) < 4.78 is 7.50. The van der Waals surface area contributed by atoms with Crippen molar-refractivity contribution in [1.29, 1.82) is 0 Å². The molecule has 1 aromatic rings. The number of hydrogen-bond donors (Lipinski definition) is 2. The third-order valence-corrected chi connectivity index (χ3v) is 3.61. The predicted octanol–water partition coefficient (Wildman–Crippen LogP) is 1.24. The molecular formula is C15H30N6O. The number of methoxy groups -OCH3 is 1. The van der Waals surface area contributed by atoms with Gasteiger partial charge < -0.3 is 19.9 Å². The second-order valence-electron chi connectivity index (χ2n) is 6.39. The maximum Gasteiger partial charge on any atom is 0.191 e. The molecule has 0 radical (unpaired) electrons. The first kappa shape index (κ1) is 18.4. The zero-order valence-electron chi connectivity index (χ0n) is 14.9. The largest absolute Gasteiger partial charge is 0.379 e. The number of hydrogen-bond acceptors (Lipinski definition) is 4. The zero-order chi connectivity index (χ0) is 16.8. The van der Waals surface area contributed by atoms with Crippen LogP contribution in [-0.2, 0) is 18.3 Å². The van der Waals surface area contributed by atoms with E-state index in [2.05, 4.69) is 46.6 Å². The van der Waals surface area contributed by atoms with Crippen molar-refractivity contribution in [2.45, 2.75) is 47.3 Å². The van der Waals surface area contributed by atoms with Crippen LogP contribution >= 0.6 is 0 Å². The van der Waals surface area contributed by atoms with E-state index in [-0.39, 0.29) is 11.5 Å². The Kier molecular flexibility index (Phi) is 6.80. The van der Waals surface area contributed by atoms with Crippen molar-refractivity contribution < 1.29 is 4.74 Å². The summed E-state index contributed by atoms with van der Waals surface area (Å²) >= 11 is 0. The van der Waals surface area contributed by atoms with Crippen molar-refractivity contribution in [3.63, 3.8) is 0 Å². The van der Waals surface area contributed by atoms with Crippen LogP contribution in [0, 0.1) is 12.3 Å². The smallest absolute Gasteiger partial charge is 0.191 e. The van der Waals surface area contributed by atoms with E-state index in [1.165, 1.54) is 0 Å². The minimum absolute atomic E-state index is 0.0692. The maximum atomic E-state index is 5.56. The monoisotopic (exact) mass is 310 g/mol. The van der Waals surface area contributed by atoms with Crippen molar-refractivity contribution in [3.05, 3.63) is 11.6 Å². The van der Waals surface area contributed by atoms with E-state index in [4.69, 9.17) is 4.74 Å². The summed E-state index contributed by atoms with van der Waals surface area (Å²) in [6, 6.07) is 0. The van der Waals surface area contributed by atoms with Crippen molar-refractivity contribution in [1.82, 2.24) is 25.4 Å². The van der Waals surface area contributed by atoms with E-state index < -0.39 is 0 Å². The molecule has 126 valence electrons. The van der Waals surface area contributed by atoms with E-state index in [1.54, 1.807) is 7.11 Å². The molecular weight excluding hydrogens is 280 g/mol. The van der Waals surface area contributed by atoms with Gasteiger partial charge in [0, 0.05) is 27.2 Å². The van der Waals surface area contributed by atoms with E-state index in [0.717, 1.165) is 24.2 Å². The highest BCUT2D eigenvalue weighted by atomic mass is 16.5. The first-order chi connectivity index (χ1) is 10.3. The highest BCUT2D eigenvalue weighted by Crippen LogP contribution is 2.20. The third-order valence-electron chi connectivity index (χ3n) is 3.61. The lowest BCUT2D eigenvalue weighted by Crippen LogP contribution is -2.45. The number of guanidine groups is 1. The first-order valence-electron chi connectivity index (χ1n) is 7.69. The standard InChI is InChI=1S/C15H30N6O/c1-8-16-14(17-9-12(22-7)15(3,4)5)18-10-13-20-19-11(2)21(13)6/h12H,8-10H2,1-7H3,(H2,16,17,18). The summed E-state index contributed by atoms with van der Waals surface area (Å²) in [6.45, 7) is 12.4. The Bertz CT molecular complexity index is 489. The van der Waals surface area contributed by atoms with Crippen LogP contribution in [0.25, 0.3) is 0 Å². The lowest BCUT2D eigenvalue weighted by molar-refractivity contribution is 0.0205. The van der Waals surface area contributed by atoms with Crippen LogP contribution in [-0.4, -0.2) is 47.0 Å². The fraction of sp³-hybridized carbons (Fsp3) is 0.800. The summed E-state index contributed by atoms with van der Waals surface area (Å²) in [4.78, 5) is 4.56. The Labute approximate surface area is 133 Å². The Morgan fingerprint density at radius 3 is 2.45 bits per heavy atom. The minimum Gasteiger partial charge on any atom is -0.379 e. The Morgan fingerprint density at radius 1 is 1.32 bits per heavy atom. The molecule has 1 aromatic heterocycles. The molecule has 22 heavy (non-hydrogen) atoms. The number of aryl methyl sites for hydroxylation is 1. The third kappa shape index (κ3) is 5.29. The van der Waals surface area contributed by atoms with Gasteiger partial charge in [0.05, 0.1) is 6.10 Å². The van der Waals surface area contributed by atoms with E-state index in [0.29, 0.717) is 13.1 Å². The van der Waals surface area contributed by atoms with Gasteiger partial charge in [-0.15, -0.1) is 10.2 Å². The van der Waals surface area contributed by atoms with Gasteiger partial charge in [0.15, 0.2) is 11.8 Å². The molecule has 1 heterocycles. The minimum atomic E-state index is 0.0692. The fourth-order valence-electron chi connectivity index (χ4n) is 2.01. The van der Waals surface area contributed by atoms with Gasteiger partial charge in [-0.2, -0.15) is 0 Å². The Balaban J connectivity index is 2.68. The first-order valence-corrected chi connectivity index (χ1v) is 7.69. The van der Waals surface area contributed by atoms with Crippen LogP contribution in [0.1, 0.15) is 39.3 Å². The summed E-state index contributed by atoms with van der Waals surface area (Å²) in [5.41, 5.74) is 0.0692. The number of rotatable bonds is 6. The van der Waals surface area contributed by atoms with E-state index in [9.17, 15) is 0 Å². The van der Waals surface area contributed by atoms with Crippen molar-refractivity contribution in [2.75, 3.05) is 20.2 Å². The molecule has 2 N–H and O–H groups in total. The maximum absolute atomic E-state index is 5.56. The lowest BCUT2D eigenvalue weighted by Gasteiger charge is -2.30. The normalized spacial score (nSPS) is 14.0. The molecule has 0 saturated carbocycles. The highest BCUT2D eigenvalue weighted by Gasteiger charge is 2.24. The molecule has 1 atom stereocenters. The molecule has 0 aliphatic heterocycles. The van der Waals surface area contributed by atoms with Crippen LogP contribution in [0.2, 0.25) is 0 Å². The topological polar surface area (TPSA) is 76.4 Å². The summed E-state index contributed by atoms with van der Waals surface area (Å²) in [6.07, 6.45) is 0.105.